The smallest absolute Gasteiger partial charge is 0.0242 e. The van der Waals surface area contributed by atoms with Crippen molar-refractivity contribution in [2.45, 2.75) is 12.8 Å². The lowest BCUT2D eigenvalue weighted by Gasteiger charge is -2.02. The summed E-state index contributed by atoms with van der Waals surface area (Å²) in [5.74, 6) is 3.08. The molecule has 0 aromatic rings. The number of halogens is 1. The fourth-order valence-corrected chi connectivity index (χ4v) is 1.15. The third-order valence-electron chi connectivity index (χ3n) is 1.14. The van der Waals surface area contributed by atoms with Gasteiger partial charge in [0, 0.05) is 11.2 Å². The van der Waals surface area contributed by atoms with E-state index in [1.54, 1.807) is 0 Å². The molecule has 0 rings (SSSR count). The number of hydrogen-bond donors (Lipinski definition) is 0. The Labute approximate surface area is 65.5 Å². The SMILES string of the molecule is C#CC(CC=C)CCBr. The molecule has 1 heteroatoms. The van der Waals surface area contributed by atoms with Gasteiger partial charge in [-0.2, -0.15) is 0 Å². The molecular formula is C8H11Br. The molecule has 0 heterocycles. The standard InChI is InChI=1S/C8H11Br/c1-3-5-8(4-2)6-7-9/h2-3,8H,1,5-7H2. The molecule has 0 N–H and O–H groups in total. The van der Waals surface area contributed by atoms with E-state index in [0.29, 0.717) is 5.92 Å². The molecule has 0 fully saturated rings. The monoisotopic (exact) mass is 186 g/mol. The van der Waals surface area contributed by atoms with Crippen molar-refractivity contribution in [2.75, 3.05) is 5.33 Å². The van der Waals surface area contributed by atoms with Gasteiger partial charge in [-0.3, -0.25) is 0 Å². The molecule has 9 heavy (non-hydrogen) atoms. The van der Waals surface area contributed by atoms with Crippen LogP contribution in [0.15, 0.2) is 12.7 Å². The van der Waals surface area contributed by atoms with E-state index in [1.807, 2.05) is 6.08 Å². The van der Waals surface area contributed by atoms with E-state index in [9.17, 15) is 0 Å². The molecule has 50 valence electrons. The Morgan fingerprint density at radius 3 is 2.78 bits per heavy atom. The predicted molar refractivity (Wildman–Crippen MR) is 45.5 cm³/mol. The highest BCUT2D eigenvalue weighted by Crippen LogP contribution is 2.08. The van der Waals surface area contributed by atoms with Crippen molar-refractivity contribution in [3.05, 3.63) is 12.7 Å². The first-order valence-electron chi connectivity index (χ1n) is 2.98. The fraction of sp³-hybridized carbons (Fsp3) is 0.500. The van der Waals surface area contributed by atoms with Crippen molar-refractivity contribution in [3.63, 3.8) is 0 Å². The van der Waals surface area contributed by atoms with Gasteiger partial charge in [0.05, 0.1) is 0 Å². The maximum absolute atomic E-state index is 5.23. The average Bonchev–Trinajstić information content (AvgIpc) is 1.88. The predicted octanol–water partition coefficient (Wildman–Crippen LogP) is 2.60. The van der Waals surface area contributed by atoms with Gasteiger partial charge in [-0.15, -0.1) is 18.9 Å². The van der Waals surface area contributed by atoms with Gasteiger partial charge >= 0.3 is 0 Å². The van der Waals surface area contributed by atoms with Crippen LogP contribution in [0.1, 0.15) is 12.8 Å². The Morgan fingerprint density at radius 2 is 2.44 bits per heavy atom. The lowest BCUT2D eigenvalue weighted by molar-refractivity contribution is 0.671. The molecule has 0 saturated heterocycles. The Morgan fingerprint density at radius 1 is 1.78 bits per heavy atom. The third kappa shape index (κ3) is 4.29. The average molecular weight is 187 g/mol. The molecule has 0 aromatic heterocycles. The minimum absolute atomic E-state index is 0.377. The van der Waals surface area contributed by atoms with Crippen LogP contribution in [0.5, 0.6) is 0 Å². The zero-order valence-electron chi connectivity index (χ0n) is 5.44. The van der Waals surface area contributed by atoms with Gasteiger partial charge in [-0.25, -0.2) is 0 Å². The van der Waals surface area contributed by atoms with Crippen molar-refractivity contribution in [1.82, 2.24) is 0 Å². The summed E-state index contributed by atoms with van der Waals surface area (Å²) in [5.41, 5.74) is 0. The Bertz CT molecular complexity index is 110. The van der Waals surface area contributed by atoms with E-state index in [-0.39, 0.29) is 0 Å². The number of rotatable bonds is 4. The van der Waals surface area contributed by atoms with Crippen molar-refractivity contribution in [2.24, 2.45) is 5.92 Å². The number of allylic oxidation sites excluding steroid dienone is 1. The first-order chi connectivity index (χ1) is 4.35. The molecular weight excluding hydrogens is 176 g/mol. The number of terminal acetylenes is 1. The minimum Gasteiger partial charge on any atom is -0.120 e. The van der Waals surface area contributed by atoms with Crippen LogP contribution in [0.4, 0.5) is 0 Å². The van der Waals surface area contributed by atoms with Gasteiger partial charge in [-0.1, -0.05) is 22.0 Å². The van der Waals surface area contributed by atoms with Crippen LogP contribution < -0.4 is 0 Å². The van der Waals surface area contributed by atoms with Crippen molar-refractivity contribution in [3.8, 4) is 12.3 Å². The van der Waals surface area contributed by atoms with Crippen molar-refractivity contribution >= 4 is 15.9 Å². The van der Waals surface area contributed by atoms with E-state index in [1.165, 1.54) is 0 Å². The van der Waals surface area contributed by atoms with Crippen molar-refractivity contribution in [1.29, 1.82) is 0 Å². The molecule has 1 atom stereocenters. The fourth-order valence-electron chi connectivity index (χ4n) is 0.602. The van der Waals surface area contributed by atoms with E-state index in [2.05, 4.69) is 28.4 Å². The molecule has 0 spiro atoms. The number of alkyl halides is 1. The minimum atomic E-state index is 0.377. The second kappa shape index (κ2) is 5.91. The summed E-state index contributed by atoms with van der Waals surface area (Å²) in [5, 5.41) is 0.982. The second-order valence-corrected chi connectivity index (χ2v) is 2.66. The first kappa shape index (κ1) is 8.78. The van der Waals surface area contributed by atoms with Gasteiger partial charge in [0.15, 0.2) is 0 Å². The summed E-state index contributed by atoms with van der Waals surface area (Å²) in [6.07, 6.45) is 9.07. The highest BCUT2D eigenvalue weighted by molar-refractivity contribution is 9.09. The van der Waals surface area contributed by atoms with Crippen LogP contribution in [-0.2, 0) is 0 Å². The van der Waals surface area contributed by atoms with Crippen molar-refractivity contribution < 1.29 is 0 Å². The van der Waals surface area contributed by atoms with Crippen LogP contribution in [-0.4, -0.2) is 5.33 Å². The largest absolute Gasteiger partial charge is 0.120 e. The summed E-state index contributed by atoms with van der Waals surface area (Å²) >= 11 is 3.33. The van der Waals surface area contributed by atoms with Gasteiger partial charge < -0.3 is 0 Å². The maximum Gasteiger partial charge on any atom is 0.0242 e. The van der Waals surface area contributed by atoms with Gasteiger partial charge in [0.2, 0.25) is 0 Å². The highest BCUT2D eigenvalue weighted by atomic mass is 79.9. The van der Waals surface area contributed by atoms with E-state index in [0.717, 1.165) is 18.2 Å². The van der Waals surface area contributed by atoms with Crippen LogP contribution >= 0.6 is 15.9 Å². The molecule has 0 saturated carbocycles. The van der Waals surface area contributed by atoms with E-state index in [4.69, 9.17) is 6.42 Å². The van der Waals surface area contributed by atoms with E-state index < -0.39 is 0 Å². The molecule has 1 unspecified atom stereocenters. The lowest BCUT2D eigenvalue weighted by atomic mass is 10.0. The molecule has 0 aliphatic heterocycles. The second-order valence-electron chi connectivity index (χ2n) is 1.87. The topological polar surface area (TPSA) is 0 Å². The normalized spacial score (nSPS) is 12.0. The third-order valence-corrected chi connectivity index (χ3v) is 1.60. The Kier molecular flexibility index (Phi) is 5.76. The summed E-state index contributed by atoms with van der Waals surface area (Å²) in [6.45, 7) is 3.62. The summed E-state index contributed by atoms with van der Waals surface area (Å²) in [7, 11) is 0. The molecule has 0 amide bonds. The molecule has 0 radical (unpaired) electrons. The summed E-state index contributed by atoms with van der Waals surface area (Å²) in [4.78, 5) is 0. The molecule has 0 aliphatic rings. The van der Waals surface area contributed by atoms with Crippen LogP contribution in [0.25, 0.3) is 0 Å². The summed E-state index contributed by atoms with van der Waals surface area (Å²) < 4.78 is 0. The molecule has 0 bridgehead atoms. The Balaban J connectivity index is 3.44. The van der Waals surface area contributed by atoms with E-state index >= 15 is 0 Å². The molecule has 0 aromatic carbocycles. The molecule has 0 nitrogen and oxygen atoms in total. The quantitative estimate of drug-likeness (QED) is 0.360. The highest BCUT2D eigenvalue weighted by Gasteiger charge is 1.98. The maximum atomic E-state index is 5.23. The van der Waals surface area contributed by atoms with Crippen LogP contribution in [0.2, 0.25) is 0 Å². The Hall–Kier alpha value is -0.220. The van der Waals surface area contributed by atoms with Gasteiger partial charge in [-0.05, 0) is 12.8 Å². The number of hydrogen-bond acceptors (Lipinski definition) is 0. The zero-order chi connectivity index (χ0) is 7.11. The van der Waals surface area contributed by atoms with Crippen LogP contribution in [0.3, 0.4) is 0 Å². The van der Waals surface area contributed by atoms with Gasteiger partial charge in [0.25, 0.3) is 0 Å². The van der Waals surface area contributed by atoms with Crippen LogP contribution in [0, 0.1) is 18.3 Å². The zero-order valence-corrected chi connectivity index (χ0v) is 7.02. The first-order valence-corrected chi connectivity index (χ1v) is 4.10. The summed E-state index contributed by atoms with van der Waals surface area (Å²) in [6, 6.07) is 0. The van der Waals surface area contributed by atoms with Gasteiger partial charge in [0.1, 0.15) is 0 Å². The lowest BCUT2D eigenvalue weighted by Crippen LogP contribution is -1.94. The molecule has 0 aliphatic carbocycles.